The molecule has 2 fully saturated rings. The van der Waals surface area contributed by atoms with E-state index < -0.39 is 40.8 Å². The zero-order chi connectivity index (χ0) is 25.7. The largest absolute Gasteiger partial charge is 0.448 e. The van der Waals surface area contributed by atoms with Crippen LogP contribution in [-0.4, -0.2) is 35.5 Å². The van der Waals surface area contributed by atoms with Gasteiger partial charge in [-0.05, 0) is 54.4 Å². The number of benzene rings is 3. The number of amides is 1. The fourth-order valence-electron chi connectivity index (χ4n) is 6.54. The van der Waals surface area contributed by atoms with Crippen molar-refractivity contribution in [3.8, 4) is 11.1 Å². The fraction of sp³-hybridized carbons (Fsp3) is 0.333. The number of piperidine rings is 2. The molecule has 2 bridgehead atoms. The molecule has 2 unspecified atom stereocenters. The van der Waals surface area contributed by atoms with Crippen molar-refractivity contribution in [3.63, 3.8) is 0 Å². The third-order valence-corrected chi connectivity index (χ3v) is 8.15. The summed E-state index contributed by atoms with van der Waals surface area (Å²) in [7, 11) is 0. The van der Waals surface area contributed by atoms with Gasteiger partial charge in [-0.1, -0.05) is 48.5 Å². The summed E-state index contributed by atoms with van der Waals surface area (Å²) < 4.78 is 47.8. The average molecular weight is 506 g/mol. The molecule has 0 radical (unpaired) electrons. The lowest BCUT2D eigenvalue weighted by Gasteiger charge is -2.47. The highest BCUT2D eigenvalue weighted by Gasteiger charge is 2.45. The van der Waals surface area contributed by atoms with Gasteiger partial charge in [0.05, 0.1) is 5.56 Å². The summed E-state index contributed by atoms with van der Waals surface area (Å²) in [6.07, 6.45) is 2.48. The minimum atomic E-state index is -1.19. The van der Waals surface area contributed by atoms with E-state index in [1.54, 1.807) is 4.90 Å². The maximum atomic E-state index is 14.3. The van der Waals surface area contributed by atoms with Crippen molar-refractivity contribution < 1.29 is 27.5 Å². The topological polar surface area (TPSA) is 46.6 Å². The number of ether oxygens (including phenoxy) is 1. The Morgan fingerprint density at radius 1 is 0.838 bits per heavy atom. The summed E-state index contributed by atoms with van der Waals surface area (Å²) in [5, 5.41) is 0. The lowest BCUT2D eigenvalue weighted by Crippen LogP contribution is -2.56. The van der Waals surface area contributed by atoms with Gasteiger partial charge >= 0.3 is 6.09 Å². The molecule has 4 nitrogen and oxygen atoms in total. The van der Waals surface area contributed by atoms with Crippen LogP contribution in [0.2, 0.25) is 0 Å². The molecular weight excluding hydrogens is 479 g/mol. The number of Topliss-reactive ketones (excluding diaryl/α,β-unsaturated/α-hetero) is 1. The molecule has 0 saturated carbocycles. The van der Waals surface area contributed by atoms with Crippen LogP contribution in [0.1, 0.15) is 59.5 Å². The summed E-state index contributed by atoms with van der Waals surface area (Å²) in [5.74, 6) is -4.80. The molecular formula is C30H26F3NO3. The fourth-order valence-corrected chi connectivity index (χ4v) is 6.54. The van der Waals surface area contributed by atoms with Gasteiger partial charge in [0, 0.05) is 36.1 Å². The van der Waals surface area contributed by atoms with Gasteiger partial charge in [-0.25, -0.2) is 18.0 Å². The Morgan fingerprint density at radius 3 is 1.95 bits per heavy atom. The highest BCUT2D eigenvalue weighted by molar-refractivity contribution is 5.98. The molecule has 1 aliphatic carbocycles. The van der Waals surface area contributed by atoms with E-state index in [-0.39, 0.29) is 24.6 Å². The molecule has 2 aliphatic heterocycles. The molecule has 2 saturated heterocycles. The minimum absolute atomic E-state index is 0.0558. The highest BCUT2D eigenvalue weighted by Crippen LogP contribution is 2.45. The SMILES string of the molecule is O=C(c1c(F)cc(F)cc1F)C1CC2CCCC(C1)N2C(=O)OCC1c2ccccc2-c2ccccc21. The van der Waals surface area contributed by atoms with Gasteiger partial charge in [0.25, 0.3) is 0 Å². The predicted molar refractivity (Wildman–Crippen MR) is 132 cm³/mol. The predicted octanol–water partition coefficient (Wildman–Crippen LogP) is 6.87. The standard InChI is InChI=1S/C30H26F3NO3/c31-18-14-26(32)28(27(33)15-18)29(35)17-12-19-6-5-7-20(13-17)34(19)30(36)37-16-25-23-10-3-1-8-21(23)22-9-2-4-11-24(22)25/h1-4,8-11,14-15,17,19-20,25H,5-7,12-13,16H2. The normalized spacial score (nSPS) is 22.4. The number of nitrogens with zero attached hydrogens (tertiary/aromatic N) is 1. The van der Waals surface area contributed by atoms with Gasteiger partial charge in [0.2, 0.25) is 0 Å². The molecule has 0 spiro atoms. The molecule has 2 atom stereocenters. The van der Waals surface area contributed by atoms with Crippen molar-refractivity contribution >= 4 is 11.9 Å². The van der Waals surface area contributed by atoms with Crippen molar-refractivity contribution in [3.05, 3.63) is 94.8 Å². The Hall–Kier alpha value is -3.61. The molecule has 3 aliphatic rings. The number of hydrogen-bond donors (Lipinski definition) is 0. The molecule has 1 amide bonds. The van der Waals surface area contributed by atoms with Gasteiger partial charge in [0.1, 0.15) is 24.1 Å². The molecule has 0 aromatic heterocycles. The lowest BCUT2D eigenvalue weighted by atomic mass is 9.75. The van der Waals surface area contributed by atoms with Crippen molar-refractivity contribution in [1.29, 1.82) is 0 Å². The van der Waals surface area contributed by atoms with Gasteiger partial charge in [-0.2, -0.15) is 0 Å². The molecule has 3 aromatic carbocycles. The number of carbonyl (C=O) groups is 2. The third-order valence-electron chi connectivity index (χ3n) is 8.15. The zero-order valence-electron chi connectivity index (χ0n) is 20.1. The first kappa shape index (κ1) is 23.8. The Labute approximate surface area is 213 Å². The third kappa shape index (κ3) is 4.10. The van der Waals surface area contributed by atoms with Gasteiger partial charge in [-0.15, -0.1) is 0 Å². The first-order valence-corrected chi connectivity index (χ1v) is 12.7. The Kier molecular flexibility index (Phi) is 6.01. The maximum Gasteiger partial charge on any atom is 0.410 e. The van der Waals surface area contributed by atoms with Gasteiger partial charge in [-0.3, -0.25) is 4.79 Å². The summed E-state index contributed by atoms with van der Waals surface area (Å²) >= 11 is 0. The van der Waals surface area contributed by atoms with Crippen molar-refractivity contribution in [2.45, 2.75) is 50.1 Å². The highest BCUT2D eigenvalue weighted by atomic mass is 19.1. The van der Waals surface area contributed by atoms with E-state index in [0.717, 1.165) is 28.7 Å². The molecule has 7 heteroatoms. The summed E-state index contributed by atoms with van der Waals surface area (Å²) in [6, 6.07) is 16.8. The number of halogens is 3. The van der Waals surface area contributed by atoms with Crippen LogP contribution in [0.5, 0.6) is 0 Å². The first-order chi connectivity index (χ1) is 17.9. The Morgan fingerprint density at radius 2 is 1.38 bits per heavy atom. The summed E-state index contributed by atoms with van der Waals surface area (Å²) in [4.78, 5) is 28.1. The maximum absolute atomic E-state index is 14.3. The van der Waals surface area contributed by atoms with Crippen LogP contribution in [0.25, 0.3) is 11.1 Å². The minimum Gasteiger partial charge on any atom is -0.448 e. The second kappa shape index (κ2) is 9.36. The van der Waals surface area contributed by atoms with Crippen LogP contribution in [-0.2, 0) is 4.74 Å². The molecule has 37 heavy (non-hydrogen) atoms. The average Bonchev–Trinajstić information content (AvgIpc) is 3.19. The Balaban J connectivity index is 1.18. The van der Waals surface area contributed by atoms with Crippen molar-refractivity contribution in [2.24, 2.45) is 5.92 Å². The van der Waals surface area contributed by atoms with Gasteiger partial charge < -0.3 is 9.64 Å². The van der Waals surface area contributed by atoms with E-state index >= 15 is 0 Å². The van der Waals surface area contributed by atoms with E-state index in [2.05, 4.69) is 24.3 Å². The van der Waals surface area contributed by atoms with Crippen LogP contribution in [0.3, 0.4) is 0 Å². The van der Waals surface area contributed by atoms with Crippen LogP contribution in [0, 0.1) is 23.4 Å². The lowest BCUT2D eigenvalue weighted by molar-refractivity contribution is 0.00632. The van der Waals surface area contributed by atoms with Crippen LogP contribution >= 0.6 is 0 Å². The van der Waals surface area contributed by atoms with Crippen LogP contribution < -0.4 is 0 Å². The monoisotopic (exact) mass is 505 g/mol. The first-order valence-electron chi connectivity index (χ1n) is 12.7. The number of ketones is 1. The number of hydrogen-bond acceptors (Lipinski definition) is 3. The van der Waals surface area contributed by atoms with E-state index in [1.165, 1.54) is 0 Å². The van der Waals surface area contributed by atoms with E-state index in [4.69, 9.17) is 4.74 Å². The smallest absolute Gasteiger partial charge is 0.410 e. The number of rotatable bonds is 4. The second-order valence-electron chi connectivity index (χ2n) is 10.2. The van der Waals surface area contributed by atoms with Crippen LogP contribution in [0.4, 0.5) is 18.0 Å². The molecule has 0 N–H and O–H groups in total. The number of carbonyl (C=O) groups excluding carboxylic acids is 2. The molecule has 6 rings (SSSR count). The molecule has 190 valence electrons. The number of fused-ring (bicyclic) bond motifs is 5. The second-order valence-corrected chi connectivity index (χ2v) is 10.2. The molecule has 2 heterocycles. The summed E-state index contributed by atoms with van der Waals surface area (Å²) in [6.45, 7) is 0.206. The quantitative estimate of drug-likeness (QED) is 0.364. The van der Waals surface area contributed by atoms with E-state index in [9.17, 15) is 22.8 Å². The molecule has 3 aromatic rings. The van der Waals surface area contributed by atoms with E-state index in [0.29, 0.717) is 37.8 Å². The zero-order valence-corrected chi connectivity index (χ0v) is 20.1. The van der Waals surface area contributed by atoms with Crippen molar-refractivity contribution in [1.82, 2.24) is 4.90 Å². The summed E-state index contributed by atoms with van der Waals surface area (Å²) in [5.41, 5.74) is 3.86. The van der Waals surface area contributed by atoms with Gasteiger partial charge in [0.15, 0.2) is 5.78 Å². The Bertz CT molecular complexity index is 1310. The van der Waals surface area contributed by atoms with Crippen molar-refractivity contribution in [2.75, 3.05) is 6.61 Å². The van der Waals surface area contributed by atoms with Crippen LogP contribution in [0.15, 0.2) is 60.7 Å². The van der Waals surface area contributed by atoms with E-state index in [1.807, 2.05) is 24.3 Å².